The molecule has 3 aliphatic carbocycles. The first-order valence-electron chi connectivity index (χ1n) is 5.65. The molecule has 0 saturated heterocycles. The molecular formula is C11H17F2N. The van der Waals surface area contributed by atoms with Crippen LogP contribution in [0.3, 0.4) is 0 Å². The molecule has 2 bridgehead atoms. The van der Waals surface area contributed by atoms with E-state index in [1.54, 1.807) is 0 Å². The second kappa shape index (κ2) is 2.49. The number of rotatable bonds is 1. The van der Waals surface area contributed by atoms with Crippen molar-refractivity contribution in [2.75, 3.05) is 0 Å². The molecule has 1 nitrogen and oxygen atoms in total. The number of alkyl halides is 2. The minimum absolute atomic E-state index is 0.0616. The van der Waals surface area contributed by atoms with Crippen molar-refractivity contribution in [3.8, 4) is 0 Å². The van der Waals surface area contributed by atoms with Crippen LogP contribution in [0.25, 0.3) is 0 Å². The molecular weight excluding hydrogens is 184 g/mol. The van der Waals surface area contributed by atoms with Gasteiger partial charge in [0.2, 0.25) is 0 Å². The first-order chi connectivity index (χ1) is 6.49. The van der Waals surface area contributed by atoms with E-state index in [4.69, 9.17) is 5.73 Å². The van der Waals surface area contributed by atoms with Gasteiger partial charge in [0, 0.05) is 18.4 Å². The SMILES string of the molecule is NC1(C2CC3CCC2C3)CC(F)(F)C1. The summed E-state index contributed by atoms with van der Waals surface area (Å²) in [7, 11) is 0. The lowest BCUT2D eigenvalue weighted by Crippen LogP contribution is -2.63. The lowest BCUT2D eigenvalue weighted by Gasteiger charge is -2.50. The number of hydrogen-bond acceptors (Lipinski definition) is 1. The molecule has 80 valence electrons. The van der Waals surface area contributed by atoms with Gasteiger partial charge in [0.15, 0.2) is 0 Å². The van der Waals surface area contributed by atoms with E-state index in [9.17, 15) is 8.78 Å². The predicted octanol–water partition coefficient (Wildman–Crippen LogP) is 2.55. The Bertz CT molecular complexity index is 256. The minimum atomic E-state index is -2.46. The van der Waals surface area contributed by atoms with Gasteiger partial charge in [-0.3, -0.25) is 0 Å². The third kappa shape index (κ3) is 1.14. The van der Waals surface area contributed by atoms with Crippen molar-refractivity contribution in [2.45, 2.75) is 50.0 Å². The normalized spacial score (nSPS) is 47.8. The molecule has 0 aromatic rings. The molecule has 3 rings (SSSR count). The van der Waals surface area contributed by atoms with E-state index < -0.39 is 11.5 Å². The average Bonchev–Trinajstić information content (AvgIpc) is 2.59. The van der Waals surface area contributed by atoms with Crippen molar-refractivity contribution in [3.63, 3.8) is 0 Å². The zero-order valence-electron chi connectivity index (χ0n) is 8.31. The summed E-state index contributed by atoms with van der Waals surface area (Å²) in [6.45, 7) is 0. The van der Waals surface area contributed by atoms with Crippen LogP contribution in [-0.4, -0.2) is 11.5 Å². The molecule has 3 atom stereocenters. The van der Waals surface area contributed by atoms with Crippen molar-refractivity contribution in [3.05, 3.63) is 0 Å². The van der Waals surface area contributed by atoms with E-state index in [0.717, 1.165) is 12.3 Å². The van der Waals surface area contributed by atoms with Crippen molar-refractivity contribution >= 4 is 0 Å². The quantitative estimate of drug-likeness (QED) is 0.693. The summed E-state index contributed by atoms with van der Waals surface area (Å²) in [5.74, 6) is -0.585. The number of fused-ring (bicyclic) bond motifs is 2. The van der Waals surface area contributed by atoms with Crippen LogP contribution < -0.4 is 5.73 Å². The van der Waals surface area contributed by atoms with Gasteiger partial charge in [0.25, 0.3) is 5.92 Å². The van der Waals surface area contributed by atoms with Crippen LogP contribution in [-0.2, 0) is 0 Å². The molecule has 3 aliphatic rings. The van der Waals surface area contributed by atoms with E-state index in [1.807, 2.05) is 0 Å². The molecule has 0 radical (unpaired) electrons. The van der Waals surface area contributed by atoms with Crippen molar-refractivity contribution in [2.24, 2.45) is 23.5 Å². The first kappa shape index (κ1) is 9.08. The Morgan fingerprint density at radius 2 is 1.79 bits per heavy atom. The summed E-state index contributed by atoms with van der Waals surface area (Å²) < 4.78 is 25.7. The van der Waals surface area contributed by atoms with E-state index in [1.165, 1.54) is 19.3 Å². The largest absolute Gasteiger partial charge is 0.324 e. The van der Waals surface area contributed by atoms with Crippen LogP contribution in [0.1, 0.15) is 38.5 Å². The average molecular weight is 201 g/mol. The molecule has 3 fully saturated rings. The van der Waals surface area contributed by atoms with Crippen molar-refractivity contribution in [1.29, 1.82) is 0 Å². The summed E-state index contributed by atoms with van der Waals surface area (Å²) in [6.07, 6.45) is 4.81. The number of halogens is 2. The number of hydrogen-bond donors (Lipinski definition) is 1. The standard InChI is InChI=1S/C11H17F2N/c12-11(13)5-10(14,6-11)9-4-7-1-2-8(9)3-7/h7-9H,1-6,14H2. The topological polar surface area (TPSA) is 26.0 Å². The second-order valence-electron chi connectivity index (χ2n) is 5.72. The van der Waals surface area contributed by atoms with Gasteiger partial charge in [0.05, 0.1) is 0 Å². The van der Waals surface area contributed by atoms with Crippen LogP contribution >= 0.6 is 0 Å². The second-order valence-corrected chi connectivity index (χ2v) is 5.72. The maximum Gasteiger partial charge on any atom is 0.251 e. The molecule has 0 aliphatic heterocycles. The van der Waals surface area contributed by atoms with Crippen molar-refractivity contribution in [1.82, 2.24) is 0 Å². The molecule has 3 saturated carbocycles. The Labute approximate surface area is 83.0 Å². The van der Waals surface area contributed by atoms with E-state index >= 15 is 0 Å². The fourth-order valence-electron chi connectivity index (χ4n) is 4.12. The summed E-state index contributed by atoms with van der Waals surface area (Å²) in [4.78, 5) is 0. The van der Waals surface area contributed by atoms with Gasteiger partial charge in [-0.2, -0.15) is 0 Å². The van der Waals surface area contributed by atoms with Crippen molar-refractivity contribution < 1.29 is 8.78 Å². The zero-order valence-corrected chi connectivity index (χ0v) is 8.31. The zero-order chi connectivity index (χ0) is 9.97. The number of nitrogens with two attached hydrogens (primary N) is 1. The predicted molar refractivity (Wildman–Crippen MR) is 50.0 cm³/mol. The Kier molecular flexibility index (Phi) is 1.61. The van der Waals surface area contributed by atoms with Gasteiger partial charge in [-0.15, -0.1) is 0 Å². The summed E-state index contributed by atoms with van der Waals surface area (Å²) in [5.41, 5.74) is 5.58. The van der Waals surface area contributed by atoms with E-state index in [0.29, 0.717) is 11.8 Å². The van der Waals surface area contributed by atoms with Gasteiger partial charge < -0.3 is 5.73 Å². The van der Waals surface area contributed by atoms with Gasteiger partial charge in [-0.25, -0.2) is 8.78 Å². The van der Waals surface area contributed by atoms with Gasteiger partial charge >= 0.3 is 0 Å². The highest BCUT2D eigenvalue weighted by Crippen LogP contribution is 2.58. The monoisotopic (exact) mass is 201 g/mol. The minimum Gasteiger partial charge on any atom is -0.324 e. The van der Waals surface area contributed by atoms with Crippen LogP contribution in [0.15, 0.2) is 0 Å². The van der Waals surface area contributed by atoms with Crippen LogP contribution in [0.2, 0.25) is 0 Å². The summed E-state index contributed by atoms with van der Waals surface area (Å²) >= 11 is 0. The Morgan fingerprint density at radius 3 is 2.21 bits per heavy atom. The Morgan fingerprint density at radius 1 is 1.07 bits per heavy atom. The smallest absolute Gasteiger partial charge is 0.251 e. The fourth-order valence-corrected chi connectivity index (χ4v) is 4.12. The molecule has 14 heavy (non-hydrogen) atoms. The van der Waals surface area contributed by atoms with Crippen LogP contribution in [0.4, 0.5) is 8.78 Å². The molecule has 0 aromatic carbocycles. The first-order valence-corrected chi connectivity index (χ1v) is 5.65. The van der Waals surface area contributed by atoms with Crippen LogP contribution in [0.5, 0.6) is 0 Å². The third-order valence-electron chi connectivity index (χ3n) is 4.65. The molecule has 0 aromatic heterocycles. The molecule has 0 heterocycles. The maximum atomic E-state index is 12.8. The van der Waals surface area contributed by atoms with Gasteiger partial charge in [-0.05, 0) is 37.0 Å². The third-order valence-corrected chi connectivity index (χ3v) is 4.65. The highest BCUT2D eigenvalue weighted by molar-refractivity contribution is 5.11. The lowest BCUT2D eigenvalue weighted by molar-refractivity contribution is -0.145. The Hall–Kier alpha value is -0.180. The Balaban J connectivity index is 1.72. The molecule has 3 heteroatoms. The molecule has 3 unspecified atom stereocenters. The van der Waals surface area contributed by atoms with Crippen LogP contribution in [0, 0.1) is 17.8 Å². The molecule has 2 N–H and O–H groups in total. The highest BCUT2D eigenvalue weighted by atomic mass is 19.3. The molecule has 0 spiro atoms. The summed E-state index contributed by atoms with van der Waals surface area (Å²) in [6, 6.07) is 0. The van der Waals surface area contributed by atoms with E-state index in [-0.39, 0.29) is 12.8 Å². The van der Waals surface area contributed by atoms with Gasteiger partial charge in [-0.1, -0.05) is 6.42 Å². The highest BCUT2D eigenvalue weighted by Gasteiger charge is 2.61. The molecule has 0 amide bonds. The van der Waals surface area contributed by atoms with E-state index in [2.05, 4.69) is 0 Å². The lowest BCUT2D eigenvalue weighted by atomic mass is 9.62. The van der Waals surface area contributed by atoms with Gasteiger partial charge in [0.1, 0.15) is 0 Å². The fraction of sp³-hybridized carbons (Fsp3) is 1.00. The maximum absolute atomic E-state index is 12.8. The summed E-state index contributed by atoms with van der Waals surface area (Å²) in [5, 5.41) is 0.